The number of rotatable bonds is 2. The van der Waals surface area contributed by atoms with E-state index in [1.54, 1.807) is 0 Å². The Morgan fingerprint density at radius 2 is 0.750 bits per heavy atom. The molecule has 0 nitrogen and oxygen atoms in total. The van der Waals surface area contributed by atoms with E-state index in [0.29, 0.717) is 0 Å². The molecular weight excluding hydrogens is 566 g/mol. The maximum absolute atomic E-state index is 2.45. The first kappa shape index (κ1) is 18.1. The van der Waals surface area contributed by atoms with E-state index in [1.807, 2.05) is 0 Å². The second-order valence-corrected chi connectivity index (χ2v) is 9.16. The molecule has 0 saturated heterocycles. The van der Waals surface area contributed by atoms with Crippen LogP contribution in [0.4, 0.5) is 0 Å². The Kier molecular flexibility index (Phi) is 4.85. The Hall–Kier alpha value is -1.92. The van der Waals surface area contributed by atoms with Gasteiger partial charge in [0.2, 0.25) is 0 Å². The smallest absolute Gasteiger partial charge is 0.0270 e. The first-order chi connectivity index (χ1) is 13.7. The Balaban J connectivity index is 2.05. The number of hydrogen-bond acceptors (Lipinski definition) is 0. The second-order valence-electron chi connectivity index (χ2n) is 6.84. The third-order valence-corrected chi connectivity index (χ3v) is 8.01. The van der Waals surface area contributed by atoms with E-state index >= 15 is 0 Å². The molecule has 0 heterocycles. The maximum atomic E-state index is 2.45. The lowest BCUT2D eigenvalue weighted by Crippen LogP contribution is -1.92. The number of hydrogen-bond donors (Lipinski definition) is 0. The van der Waals surface area contributed by atoms with Gasteiger partial charge in [0.15, 0.2) is 0 Å². The lowest BCUT2D eigenvalue weighted by atomic mass is 9.86. The predicted octanol–water partition coefficient (Wildman–Crippen LogP) is 8.54. The minimum atomic E-state index is 1.26. The molecule has 0 atom stereocenters. The van der Waals surface area contributed by atoms with Crippen molar-refractivity contribution in [2.45, 2.75) is 0 Å². The molecule has 134 valence electrons. The van der Waals surface area contributed by atoms with Crippen LogP contribution in [0.25, 0.3) is 43.8 Å². The summed E-state index contributed by atoms with van der Waals surface area (Å²) in [5.74, 6) is 0. The van der Waals surface area contributed by atoms with Crippen LogP contribution in [0.2, 0.25) is 0 Å². The quantitative estimate of drug-likeness (QED) is 0.145. The average Bonchev–Trinajstić information content (AvgIpc) is 2.74. The molecular formula is C26H16I2. The Morgan fingerprint density at radius 3 is 1.14 bits per heavy atom. The molecule has 0 fully saturated rings. The fraction of sp³-hybridized carbons (Fsp3) is 0. The summed E-state index contributed by atoms with van der Waals surface area (Å²) in [6.45, 7) is 0. The third-order valence-electron chi connectivity index (χ3n) is 5.19. The number of benzene rings is 5. The highest BCUT2D eigenvalue weighted by Gasteiger charge is 2.17. The molecule has 5 aromatic carbocycles. The van der Waals surface area contributed by atoms with E-state index in [4.69, 9.17) is 0 Å². The van der Waals surface area contributed by atoms with Gasteiger partial charge in [-0.3, -0.25) is 0 Å². The third kappa shape index (κ3) is 3.03. The fourth-order valence-electron chi connectivity index (χ4n) is 4.00. The molecule has 0 spiro atoms. The van der Waals surface area contributed by atoms with Crippen LogP contribution >= 0.6 is 45.2 Å². The molecule has 0 amide bonds. The van der Waals surface area contributed by atoms with Gasteiger partial charge in [-0.2, -0.15) is 0 Å². The van der Waals surface area contributed by atoms with Gasteiger partial charge in [-0.25, -0.2) is 0 Å². The second kappa shape index (κ2) is 7.48. The van der Waals surface area contributed by atoms with Crippen molar-refractivity contribution < 1.29 is 0 Å². The van der Waals surface area contributed by atoms with Gasteiger partial charge in [0, 0.05) is 7.14 Å². The van der Waals surface area contributed by atoms with E-state index in [9.17, 15) is 0 Å². The Labute approximate surface area is 191 Å². The minimum Gasteiger partial charge on any atom is -0.0622 e. The van der Waals surface area contributed by atoms with Crippen LogP contribution in [0.15, 0.2) is 97.1 Å². The molecule has 0 aliphatic carbocycles. The zero-order valence-electron chi connectivity index (χ0n) is 15.0. The highest BCUT2D eigenvalue weighted by Crippen LogP contribution is 2.44. The molecule has 0 aliphatic heterocycles. The summed E-state index contributed by atoms with van der Waals surface area (Å²) < 4.78 is 2.58. The van der Waals surface area contributed by atoms with Crippen LogP contribution in [-0.2, 0) is 0 Å². The van der Waals surface area contributed by atoms with Gasteiger partial charge in [-0.1, -0.05) is 84.9 Å². The first-order valence-corrected chi connectivity index (χ1v) is 11.3. The van der Waals surface area contributed by atoms with Gasteiger partial charge in [0.1, 0.15) is 0 Å². The molecule has 2 heteroatoms. The molecule has 0 unspecified atom stereocenters. The van der Waals surface area contributed by atoms with Crippen molar-refractivity contribution in [2.24, 2.45) is 0 Å². The Morgan fingerprint density at radius 1 is 0.393 bits per heavy atom. The lowest BCUT2D eigenvalue weighted by molar-refractivity contribution is 1.61. The molecule has 0 bridgehead atoms. The fourth-order valence-corrected chi connectivity index (χ4v) is 4.94. The monoisotopic (exact) mass is 582 g/mol. The zero-order valence-corrected chi connectivity index (χ0v) is 19.3. The van der Waals surface area contributed by atoms with Crippen molar-refractivity contribution in [3.63, 3.8) is 0 Å². The van der Waals surface area contributed by atoms with Gasteiger partial charge < -0.3 is 0 Å². The van der Waals surface area contributed by atoms with E-state index in [1.165, 1.54) is 50.9 Å². The van der Waals surface area contributed by atoms with E-state index in [2.05, 4.69) is 142 Å². The molecule has 0 aliphatic rings. The molecule has 5 aromatic rings. The van der Waals surface area contributed by atoms with Crippen LogP contribution in [-0.4, -0.2) is 0 Å². The van der Waals surface area contributed by atoms with Crippen molar-refractivity contribution in [3.05, 3.63) is 104 Å². The molecule has 0 aromatic heterocycles. The summed E-state index contributed by atoms with van der Waals surface area (Å²) in [5, 5.41) is 5.23. The van der Waals surface area contributed by atoms with Crippen LogP contribution in [0.5, 0.6) is 0 Å². The molecule has 0 radical (unpaired) electrons. The van der Waals surface area contributed by atoms with Gasteiger partial charge in [0.25, 0.3) is 0 Å². The summed E-state index contributed by atoms with van der Waals surface area (Å²) in [6.07, 6.45) is 0. The highest BCUT2D eigenvalue weighted by molar-refractivity contribution is 14.1. The Bertz CT molecular complexity index is 1200. The first-order valence-electron chi connectivity index (χ1n) is 9.18. The van der Waals surface area contributed by atoms with Gasteiger partial charge >= 0.3 is 0 Å². The summed E-state index contributed by atoms with van der Waals surface area (Å²) in [5.41, 5.74) is 5.17. The molecule has 28 heavy (non-hydrogen) atoms. The maximum Gasteiger partial charge on any atom is 0.0270 e. The summed E-state index contributed by atoms with van der Waals surface area (Å²) in [7, 11) is 0. The van der Waals surface area contributed by atoms with E-state index < -0.39 is 0 Å². The van der Waals surface area contributed by atoms with Crippen molar-refractivity contribution >= 4 is 66.7 Å². The number of halogens is 2. The molecule has 0 saturated carbocycles. The van der Waals surface area contributed by atoms with Gasteiger partial charge in [-0.05, 0) is 101 Å². The topological polar surface area (TPSA) is 0 Å². The summed E-state index contributed by atoms with van der Waals surface area (Å²) in [4.78, 5) is 0. The summed E-state index contributed by atoms with van der Waals surface area (Å²) in [6, 6.07) is 35.0. The minimum absolute atomic E-state index is 1.26. The van der Waals surface area contributed by atoms with E-state index in [-0.39, 0.29) is 0 Å². The van der Waals surface area contributed by atoms with Crippen LogP contribution < -0.4 is 0 Å². The van der Waals surface area contributed by atoms with Crippen LogP contribution in [0.1, 0.15) is 0 Å². The summed E-state index contributed by atoms with van der Waals surface area (Å²) >= 11 is 4.90. The SMILES string of the molecule is Ic1cc2c(-c3ccccc3)c3ccccc3c(-c3ccccc3)c2cc1I. The van der Waals surface area contributed by atoms with Crippen LogP contribution in [0.3, 0.4) is 0 Å². The van der Waals surface area contributed by atoms with Crippen molar-refractivity contribution in [3.8, 4) is 22.3 Å². The van der Waals surface area contributed by atoms with E-state index in [0.717, 1.165) is 0 Å². The highest BCUT2D eigenvalue weighted by atomic mass is 127. The van der Waals surface area contributed by atoms with Crippen LogP contribution in [0, 0.1) is 7.14 Å². The van der Waals surface area contributed by atoms with Crippen molar-refractivity contribution in [1.29, 1.82) is 0 Å². The number of fused-ring (bicyclic) bond motifs is 2. The predicted molar refractivity (Wildman–Crippen MR) is 138 cm³/mol. The molecule has 5 rings (SSSR count). The van der Waals surface area contributed by atoms with Crippen molar-refractivity contribution in [1.82, 2.24) is 0 Å². The zero-order chi connectivity index (χ0) is 19.1. The van der Waals surface area contributed by atoms with Gasteiger partial charge in [0.05, 0.1) is 0 Å². The van der Waals surface area contributed by atoms with Gasteiger partial charge in [-0.15, -0.1) is 0 Å². The average molecular weight is 582 g/mol. The standard InChI is InChI=1S/C26H16I2/c27-23-15-21-22(16-24(23)28)26(18-11-5-2-6-12-18)20-14-8-7-13-19(20)25(21)17-9-3-1-4-10-17/h1-16H. The lowest BCUT2D eigenvalue weighted by Gasteiger charge is -2.18. The van der Waals surface area contributed by atoms with Crippen molar-refractivity contribution in [2.75, 3.05) is 0 Å². The normalized spacial score (nSPS) is 11.2. The largest absolute Gasteiger partial charge is 0.0622 e. The molecule has 0 N–H and O–H groups in total.